The zero-order valence-electron chi connectivity index (χ0n) is 18.3. The lowest BCUT2D eigenvalue weighted by Crippen LogP contribution is -2.42. The molecule has 0 unspecified atom stereocenters. The Labute approximate surface area is 193 Å². The Morgan fingerprint density at radius 1 is 0.938 bits per heavy atom. The number of ether oxygens (including phenoxy) is 1. The van der Waals surface area contributed by atoms with Gasteiger partial charge in [-0.1, -0.05) is 29.3 Å². The van der Waals surface area contributed by atoms with Crippen LogP contribution in [0.25, 0.3) is 0 Å². The van der Waals surface area contributed by atoms with E-state index < -0.39 is 15.9 Å². The van der Waals surface area contributed by atoms with Gasteiger partial charge in [0.05, 0.1) is 11.5 Å². The van der Waals surface area contributed by atoms with Crippen molar-refractivity contribution in [3.8, 4) is 5.75 Å². The summed E-state index contributed by atoms with van der Waals surface area (Å²) in [6.07, 6.45) is 0.495. The summed E-state index contributed by atoms with van der Waals surface area (Å²) in [5.41, 5.74) is 7.07. The normalized spacial score (nSPS) is 11.1. The largest absolute Gasteiger partial charge is 0.493 e. The van der Waals surface area contributed by atoms with Gasteiger partial charge in [-0.15, -0.1) is 0 Å². The van der Waals surface area contributed by atoms with Gasteiger partial charge in [-0.25, -0.2) is 13.1 Å². The zero-order valence-corrected chi connectivity index (χ0v) is 19.9. The first kappa shape index (κ1) is 25.6. The van der Waals surface area contributed by atoms with E-state index in [2.05, 4.69) is 15.6 Å². The van der Waals surface area contributed by atoms with Crippen molar-refractivity contribution in [3.05, 3.63) is 58.1 Å². The summed E-state index contributed by atoms with van der Waals surface area (Å²) in [6, 6.07) is 10.3. The van der Waals surface area contributed by atoms with Crippen molar-refractivity contribution in [3.63, 3.8) is 0 Å². The van der Waals surface area contributed by atoms with E-state index in [1.54, 1.807) is 37.3 Å². The highest BCUT2D eigenvalue weighted by Crippen LogP contribution is 2.22. The fourth-order valence-electron chi connectivity index (χ4n) is 2.93. The van der Waals surface area contributed by atoms with Gasteiger partial charge in [0, 0.05) is 24.4 Å². The molecular weight excluding hydrogens is 454 g/mol. The number of halogens is 1. The number of nitrogens with one attached hydrogen (secondary N) is 3. The SMILES string of the molecule is Cc1ccc(S(=O)(=O)NCCC(=O)NNC(=O)CCCOc2ccc(Cl)cc2C)c(C)c1. The Hall–Kier alpha value is -2.62. The second kappa shape index (κ2) is 11.8. The monoisotopic (exact) mass is 481 g/mol. The molecule has 0 spiro atoms. The molecule has 0 aliphatic carbocycles. The van der Waals surface area contributed by atoms with E-state index in [1.807, 2.05) is 13.8 Å². The molecule has 8 nitrogen and oxygen atoms in total. The summed E-state index contributed by atoms with van der Waals surface area (Å²) in [5.74, 6) is -0.174. The second-order valence-corrected chi connectivity index (χ2v) is 9.55. The third kappa shape index (κ3) is 8.14. The molecule has 10 heteroatoms. The average molecular weight is 482 g/mol. The lowest BCUT2D eigenvalue weighted by molar-refractivity contribution is -0.128. The van der Waals surface area contributed by atoms with Crippen molar-refractivity contribution in [2.24, 2.45) is 0 Å². The maximum Gasteiger partial charge on any atom is 0.240 e. The standard InChI is InChI=1S/C22H28ClN3O5S/c1-15-6-9-20(17(3)13-15)32(29,30)24-11-10-22(28)26-25-21(27)5-4-12-31-19-8-7-18(23)14-16(19)2/h6-9,13-14,24H,4-5,10-12H2,1-3H3,(H,25,27)(H,26,28). The topological polar surface area (TPSA) is 114 Å². The first-order valence-corrected chi connectivity index (χ1v) is 12.0. The molecule has 2 amide bonds. The van der Waals surface area contributed by atoms with E-state index in [0.29, 0.717) is 29.4 Å². The highest BCUT2D eigenvalue weighted by atomic mass is 35.5. The van der Waals surface area contributed by atoms with Crippen LogP contribution in [0.1, 0.15) is 36.0 Å². The number of benzene rings is 2. The predicted octanol–water partition coefficient (Wildman–Crippen LogP) is 2.94. The number of rotatable bonds is 10. The molecular formula is C22H28ClN3O5S. The Morgan fingerprint density at radius 2 is 1.62 bits per heavy atom. The van der Waals surface area contributed by atoms with Crippen molar-refractivity contribution in [2.45, 2.75) is 44.9 Å². The van der Waals surface area contributed by atoms with Crippen molar-refractivity contribution in [2.75, 3.05) is 13.2 Å². The van der Waals surface area contributed by atoms with Gasteiger partial charge in [0.25, 0.3) is 0 Å². The van der Waals surface area contributed by atoms with Gasteiger partial charge >= 0.3 is 0 Å². The van der Waals surface area contributed by atoms with Crippen molar-refractivity contribution in [1.29, 1.82) is 0 Å². The molecule has 0 fully saturated rings. The van der Waals surface area contributed by atoms with Crippen LogP contribution in [0, 0.1) is 20.8 Å². The van der Waals surface area contributed by atoms with Crippen molar-refractivity contribution in [1.82, 2.24) is 15.6 Å². The van der Waals surface area contributed by atoms with Gasteiger partial charge in [-0.05, 0) is 62.6 Å². The Kier molecular flexibility index (Phi) is 9.49. The second-order valence-electron chi connectivity index (χ2n) is 7.37. The maximum atomic E-state index is 12.4. The smallest absolute Gasteiger partial charge is 0.240 e. The van der Waals surface area contributed by atoms with Crippen LogP contribution < -0.4 is 20.3 Å². The van der Waals surface area contributed by atoms with E-state index in [1.165, 1.54) is 6.07 Å². The van der Waals surface area contributed by atoms with Crippen LogP contribution in [-0.2, 0) is 19.6 Å². The van der Waals surface area contributed by atoms with Gasteiger partial charge in [0.15, 0.2) is 0 Å². The summed E-state index contributed by atoms with van der Waals surface area (Å²) in [6.45, 7) is 5.72. The summed E-state index contributed by atoms with van der Waals surface area (Å²) in [7, 11) is -3.72. The fourth-order valence-corrected chi connectivity index (χ4v) is 4.41. The van der Waals surface area contributed by atoms with E-state index in [0.717, 1.165) is 11.1 Å². The molecule has 2 rings (SSSR count). The lowest BCUT2D eigenvalue weighted by atomic mass is 10.2. The van der Waals surface area contributed by atoms with Crippen LogP contribution >= 0.6 is 11.6 Å². The number of aryl methyl sites for hydroxylation is 3. The first-order chi connectivity index (χ1) is 15.1. The third-order valence-electron chi connectivity index (χ3n) is 4.55. The van der Waals surface area contributed by atoms with E-state index in [4.69, 9.17) is 16.3 Å². The lowest BCUT2D eigenvalue weighted by Gasteiger charge is -2.11. The minimum Gasteiger partial charge on any atom is -0.493 e. The number of hydrogen-bond acceptors (Lipinski definition) is 5. The van der Waals surface area contributed by atoms with Gasteiger partial charge < -0.3 is 4.74 Å². The van der Waals surface area contributed by atoms with Crippen LogP contribution in [-0.4, -0.2) is 33.4 Å². The molecule has 2 aromatic carbocycles. The van der Waals surface area contributed by atoms with Crippen LogP contribution in [0.2, 0.25) is 5.02 Å². The Balaban J connectivity index is 1.64. The summed E-state index contributed by atoms with van der Waals surface area (Å²) in [5, 5.41) is 0.628. The predicted molar refractivity (Wildman–Crippen MR) is 123 cm³/mol. The van der Waals surface area contributed by atoms with Crippen molar-refractivity contribution < 1.29 is 22.7 Å². The molecule has 0 aliphatic rings. The van der Waals surface area contributed by atoms with E-state index in [9.17, 15) is 18.0 Å². The van der Waals surface area contributed by atoms with Crippen molar-refractivity contribution >= 4 is 33.4 Å². The first-order valence-electron chi connectivity index (χ1n) is 10.1. The van der Waals surface area contributed by atoms with Gasteiger partial charge in [0.1, 0.15) is 5.75 Å². The molecule has 0 heterocycles. The molecule has 0 bridgehead atoms. The number of carbonyl (C=O) groups is 2. The van der Waals surface area contributed by atoms with Crippen LogP contribution in [0.5, 0.6) is 5.75 Å². The number of sulfonamides is 1. The van der Waals surface area contributed by atoms with Gasteiger partial charge in [-0.2, -0.15) is 0 Å². The molecule has 0 saturated carbocycles. The van der Waals surface area contributed by atoms with Gasteiger partial charge in [-0.3, -0.25) is 20.4 Å². The van der Waals surface area contributed by atoms with E-state index >= 15 is 0 Å². The number of carbonyl (C=O) groups excluding carboxylic acids is 2. The molecule has 0 aliphatic heterocycles. The summed E-state index contributed by atoms with van der Waals surface area (Å²) >= 11 is 5.90. The highest BCUT2D eigenvalue weighted by molar-refractivity contribution is 7.89. The summed E-state index contributed by atoms with van der Waals surface area (Å²) < 4.78 is 32.7. The van der Waals surface area contributed by atoms with Gasteiger partial charge in [0.2, 0.25) is 21.8 Å². The minimum absolute atomic E-state index is 0.0916. The summed E-state index contributed by atoms with van der Waals surface area (Å²) in [4.78, 5) is 23.9. The molecule has 0 atom stereocenters. The molecule has 2 aromatic rings. The van der Waals surface area contributed by atoms with Crippen LogP contribution in [0.3, 0.4) is 0 Å². The highest BCUT2D eigenvalue weighted by Gasteiger charge is 2.16. The Morgan fingerprint density at radius 3 is 2.28 bits per heavy atom. The maximum absolute atomic E-state index is 12.4. The molecule has 174 valence electrons. The minimum atomic E-state index is -3.72. The quantitative estimate of drug-likeness (QED) is 0.356. The fraction of sp³-hybridized carbons (Fsp3) is 0.364. The Bertz CT molecular complexity index is 1070. The molecule has 0 saturated heterocycles. The molecule has 0 aromatic heterocycles. The third-order valence-corrected chi connectivity index (χ3v) is 6.40. The number of amides is 2. The molecule has 0 radical (unpaired) electrons. The number of hydrazine groups is 1. The van der Waals surface area contributed by atoms with Crippen LogP contribution in [0.4, 0.5) is 0 Å². The zero-order chi connectivity index (χ0) is 23.7. The van der Waals surface area contributed by atoms with Crippen LogP contribution in [0.15, 0.2) is 41.3 Å². The average Bonchev–Trinajstić information content (AvgIpc) is 2.70. The molecule has 32 heavy (non-hydrogen) atoms. The number of hydrogen-bond donors (Lipinski definition) is 3. The van der Waals surface area contributed by atoms with E-state index in [-0.39, 0.29) is 30.2 Å². The molecule has 3 N–H and O–H groups in total.